The molecular formula is C17H19BrO2. The van der Waals surface area contributed by atoms with Crippen LogP contribution in [0.5, 0.6) is 5.75 Å². The second-order valence-electron chi connectivity index (χ2n) is 5.62. The van der Waals surface area contributed by atoms with E-state index in [4.69, 9.17) is 9.15 Å². The summed E-state index contributed by atoms with van der Waals surface area (Å²) in [6.07, 6.45) is 1.28. The number of alkyl halides is 1. The largest absolute Gasteiger partial charge is 0.490 e. The second-order valence-corrected chi connectivity index (χ2v) is 6.53. The van der Waals surface area contributed by atoms with Gasteiger partial charge in [0.05, 0.1) is 4.83 Å². The molecule has 0 saturated carbocycles. The lowest BCUT2D eigenvalue weighted by atomic mass is 9.98. The highest BCUT2D eigenvalue weighted by Gasteiger charge is 2.24. The van der Waals surface area contributed by atoms with Crippen LogP contribution in [-0.4, -0.2) is 6.10 Å². The molecule has 0 spiro atoms. The Balaban J connectivity index is 1.99. The summed E-state index contributed by atoms with van der Waals surface area (Å²) in [6.45, 7) is 8.28. The van der Waals surface area contributed by atoms with E-state index in [1.54, 1.807) is 0 Å². The molecule has 20 heavy (non-hydrogen) atoms. The van der Waals surface area contributed by atoms with Gasteiger partial charge in [-0.3, -0.25) is 0 Å². The zero-order chi connectivity index (χ0) is 14.4. The molecule has 0 aliphatic carbocycles. The first-order valence-electron chi connectivity index (χ1n) is 6.97. The molecule has 106 valence electrons. The summed E-state index contributed by atoms with van der Waals surface area (Å²) in [6, 6.07) is 6.47. The fourth-order valence-corrected chi connectivity index (χ4v) is 3.90. The summed E-state index contributed by atoms with van der Waals surface area (Å²) in [5.74, 6) is 3.02. The molecule has 0 fully saturated rings. The Labute approximate surface area is 128 Å². The minimum atomic E-state index is 0.168. The second kappa shape index (κ2) is 4.96. The maximum atomic E-state index is 5.76. The topological polar surface area (TPSA) is 22.4 Å². The molecular weight excluding hydrogens is 316 g/mol. The summed E-state index contributed by atoms with van der Waals surface area (Å²) >= 11 is 3.83. The molecule has 3 rings (SSSR count). The zero-order valence-electron chi connectivity index (χ0n) is 12.3. The van der Waals surface area contributed by atoms with Crippen LogP contribution in [0.4, 0.5) is 0 Å². The van der Waals surface area contributed by atoms with E-state index in [2.05, 4.69) is 48.0 Å². The minimum absolute atomic E-state index is 0.168. The van der Waals surface area contributed by atoms with E-state index in [-0.39, 0.29) is 10.9 Å². The maximum Gasteiger partial charge on any atom is 0.123 e. The van der Waals surface area contributed by atoms with Crippen molar-refractivity contribution in [3.8, 4) is 5.75 Å². The summed E-state index contributed by atoms with van der Waals surface area (Å²) in [5.41, 5.74) is 5.03. The van der Waals surface area contributed by atoms with Crippen LogP contribution in [0, 0.1) is 20.8 Å². The zero-order valence-corrected chi connectivity index (χ0v) is 13.9. The van der Waals surface area contributed by atoms with Crippen LogP contribution >= 0.6 is 15.9 Å². The van der Waals surface area contributed by atoms with E-state index in [1.165, 1.54) is 22.3 Å². The predicted octanol–water partition coefficient (Wildman–Crippen LogP) is 5.01. The van der Waals surface area contributed by atoms with E-state index in [0.29, 0.717) is 0 Å². The van der Waals surface area contributed by atoms with Crippen molar-refractivity contribution in [2.24, 2.45) is 0 Å². The first-order valence-corrected chi connectivity index (χ1v) is 7.89. The van der Waals surface area contributed by atoms with Gasteiger partial charge in [0, 0.05) is 12.0 Å². The molecule has 0 radical (unpaired) electrons. The van der Waals surface area contributed by atoms with Crippen LogP contribution in [0.25, 0.3) is 0 Å². The number of rotatable bonds is 2. The van der Waals surface area contributed by atoms with Gasteiger partial charge in [-0.2, -0.15) is 0 Å². The van der Waals surface area contributed by atoms with Crippen LogP contribution in [-0.2, 0) is 6.42 Å². The SMILES string of the molecule is Cc1oc(C)c(C(Br)c2ccc3c(c2)CC(C)O3)c1C. The molecule has 0 N–H and O–H groups in total. The van der Waals surface area contributed by atoms with Crippen LogP contribution in [0.1, 0.15) is 45.5 Å². The fraction of sp³-hybridized carbons (Fsp3) is 0.412. The van der Waals surface area contributed by atoms with Crippen molar-refractivity contribution in [1.82, 2.24) is 0 Å². The molecule has 1 aromatic heterocycles. The Bertz CT molecular complexity index is 657. The Hall–Kier alpha value is -1.22. The average molecular weight is 335 g/mol. The number of aryl methyl sites for hydroxylation is 2. The molecule has 2 aromatic rings. The third-order valence-electron chi connectivity index (χ3n) is 4.08. The van der Waals surface area contributed by atoms with Gasteiger partial charge in [-0.15, -0.1) is 0 Å². The van der Waals surface area contributed by atoms with Crippen LogP contribution in [0.3, 0.4) is 0 Å². The number of fused-ring (bicyclic) bond motifs is 1. The molecule has 1 aromatic carbocycles. The van der Waals surface area contributed by atoms with Gasteiger partial charge in [0.1, 0.15) is 23.4 Å². The van der Waals surface area contributed by atoms with E-state index < -0.39 is 0 Å². The van der Waals surface area contributed by atoms with Gasteiger partial charge >= 0.3 is 0 Å². The lowest BCUT2D eigenvalue weighted by molar-refractivity contribution is 0.254. The average Bonchev–Trinajstić information content (AvgIpc) is 2.87. The van der Waals surface area contributed by atoms with Gasteiger partial charge in [-0.05, 0) is 50.5 Å². The van der Waals surface area contributed by atoms with Crippen molar-refractivity contribution < 1.29 is 9.15 Å². The fourth-order valence-electron chi connectivity index (χ4n) is 2.95. The number of benzene rings is 1. The molecule has 0 amide bonds. The van der Waals surface area contributed by atoms with Gasteiger partial charge in [-0.1, -0.05) is 28.1 Å². The summed E-state index contributed by atoms with van der Waals surface area (Å²) in [7, 11) is 0. The Kier molecular flexibility index (Phi) is 3.41. The standard InChI is InChI=1S/C17H19BrO2/c1-9-7-14-8-13(5-6-15(14)19-9)17(18)16-10(2)11(3)20-12(16)4/h5-6,8-9,17H,7H2,1-4H3. The quantitative estimate of drug-likeness (QED) is 0.720. The van der Waals surface area contributed by atoms with Crippen molar-refractivity contribution >= 4 is 15.9 Å². The highest BCUT2D eigenvalue weighted by Crippen LogP contribution is 2.40. The molecule has 0 saturated heterocycles. The minimum Gasteiger partial charge on any atom is -0.490 e. The van der Waals surface area contributed by atoms with Gasteiger partial charge < -0.3 is 9.15 Å². The van der Waals surface area contributed by atoms with Crippen LogP contribution in [0.2, 0.25) is 0 Å². The monoisotopic (exact) mass is 334 g/mol. The lowest BCUT2D eigenvalue weighted by Gasteiger charge is -2.12. The molecule has 1 aliphatic rings. The lowest BCUT2D eigenvalue weighted by Crippen LogP contribution is -2.05. The third-order valence-corrected chi connectivity index (χ3v) is 5.07. The normalized spacial score (nSPS) is 18.8. The Morgan fingerprint density at radius 2 is 1.95 bits per heavy atom. The smallest absolute Gasteiger partial charge is 0.123 e. The molecule has 2 atom stereocenters. The molecule has 2 nitrogen and oxygen atoms in total. The number of halogens is 1. The van der Waals surface area contributed by atoms with Gasteiger partial charge in [0.2, 0.25) is 0 Å². The van der Waals surface area contributed by atoms with Crippen molar-refractivity contribution in [3.63, 3.8) is 0 Å². The van der Waals surface area contributed by atoms with Crippen LogP contribution in [0.15, 0.2) is 22.6 Å². The third kappa shape index (κ3) is 2.18. The Morgan fingerprint density at radius 1 is 1.20 bits per heavy atom. The van der Waals surface area contributed by atoms with E-state index in [0.717, 1.165) is 23.7 Å². The predicted molar refractivity (Wildman–Crippen MR) is 83.9 cm³/mol. The van der Waals surface area contributed by atoms with E-state index in [9.17, 15) is 0 Å². The van der Waals surface area contributed by atoms with Gasteiger partial charge in [-0.25, -0.2) is 0 Å². The van der Waals surface area contributed by atoms with Crippen molar-refractivity contribution in [2.45, 2.75) is 45.0 Å². The van der Waals surface area contributed by atoms with Gasteiger partial charge in [0.25, 0.3) is 0 Å². The molecule has 1 aliphatic heterocycles. The van der Waals surface area contributed by atoms with Crippen LogP contribution < -0.4 is 4.74 Å². The number of furan rings is 1. The maximum absolute atomic E-state index is 5.76. The summed E-state index contributed by atoms with van der Waals surface area (Å²) in [5, 5.41) is 0. The number of hydrogen-bond acceptors (Lipinski definition) is 2. The van der Waals surface area contributed by atoms with Gasteiger partial charge in [0.15, 0.2) is 0 Å². The number of ether oxygens (including phenoxy) is 1. The van der Waals surface area contributed by atoms with E-state index >= 15 is 0 Å². The van der Waals surface area contributed by atoms with E-state index in [1.807, 2.05) is 13.8 Å². The molecule has 2 unspecified atom stereocenters. The Morgan fingerprint density at radius 3 is 2.60 bits per heavy atom. The molecule has 0 bridgehead atoms. The van der Waals surface area contributed by atoms with Crippen molar-refractivity contribution in [1.29, 1.82) is 0 Å². The first-order chi connectivity index (χ1) is 9.47. The van der Waals surface area contributed by atoms with Crippen molar-refractivity contribution in [3.05, 3.63) is 52.0 Å². The summed E-state index contributed by atoms with van der Waals surface area (Å²) < 4.78 is 11.5. The highest BCUT2D eigenvalue weighted by molar-refractivity contribution is 9.09. The van der Waals surface area contributed by atoms with Crippen molar-refractivity contribution in [2.75, 3.05) is 0 Å². The number of hydrogen-bond donors (Lipinski definition) is 0. The summed E-state index contributed by atoms with van der Waals surface area (Å²) in [4.78, 5) is 0.168. The first kappa shape index (κ1) is 13.7. The molecule has 3 heteroatoms. The highest BCUT2D eigenvalue weighted by atomic mass is 79.9. The molecule has 2 heterocycles.